The molecule has 1 heterocycles. The zero-order chi connectivity index (χ0) is 25.8. The highest BCUT2D eigenvalue weighted by molar-refractivity contribution is 5.85. The molecule has 0 unspecified atom stereocenters. The Balaban J connectivity index is 1.87. The second kappa shape index (κ2) is 10.5. The van der Waals surface area contributed by atoms with Gasteiger partial charge in [-0.25, -0.2) is 4.98 Å². The van der Waals surface area contributed by atoms with E-state index in [-0.39, 0.29) is 0 Å². The van der Waals surface area contributed by atoms with Crippen molar-refractivity contribution in [2.75, 3.05) is 28.4 Å². The van der Waals surface area contributed by atoms with Gasteiger partial charge in [0.15, 0.2) is 11.5 Å². The van der Waals surface area contributed by atoms with E-state index in [0.29, 0.717) is 17.2 Å². The van der Waals surface area contributed by atoms with Gasteiger partial charge in [-0.05, 0) is 48.5 Å². The maximum absolute atomic E-state index is 5.66. The molecule has 0 N–H and O–H groups in total. The van der Waals surface area contributed by atoms with Gasteiger partial charge in [0.1, 0.15) is 11.6 Å². The van der Waals surface area contributed by atoms with Gasteiger partial charge in [0.05, 0.1) is 39.8 Å². The van der Waals surface area contributed by atoms with E-state index < -0.39 is 0 Å². The van der Waals surface area contributed by atoms with Crippen molar-refractivity contribution in [2.24, 2.45) is 0 Å². The smallest absolute Gasteiger partial charge is 0.203 e. The number of hydrogen-bond acceptors (Lipinski definition) is 5. The third-order valence-electron chi connectivity index (χ3n) is 6.23. The van der Waals surface area contributed by atoms with E-state index in [2.05, 4.69) is 28.8 Å². The first kappa shape index (κ1) is 24.0. The molecule has 0 saturated heterocycles. The molecular formula is C31H28N2O4. The number of aromatic nitrogens is 2. The zero-order valence-electron chi connectivity index (χ0n) is 21.3. The number of nitrogens with zero attached hydrogens (tertiary/aromatic N) is 2. The van der Waals surface area contributed by atoms with Gasteiger partial charge in [-0.2, -0.15) is 0 Å². The van der Waals surface area contributed by atoms with Crippen LogP contribution in [0.25, 0.3) is 39.6 Å². The Morgan fingerprint density at radius 3 is 1.70 bits per heavy atom. The van der Waals surface area contributed by atoms with Crippen LogP contribution in [0.1, 0.15) is 0 Å². The quantitative estimate of drug-likeness (QED) is 0.236. The van der Waals surface area contributed by atoms with Crippen molar-refractivity contribution >= 4 is 0 Å². The molecule has 6 heteroatoms. The molecule has 5 rings (SSSR count). The van der Waals surface area contributed by atoms with Crippen molar-refractivity contribution in [3.63, 3.8) is 0 Å². The van der Waals surface area contributed by atoms with E-state index >= 15 is 0 Å². The van der Waals surface area contributed by atoms with E-state index in [0.717, 1.165) is 45.3 Å². The number of methoxy groups -OCH3 is 4. The van der Waals surface area contributed by atoms with Gasteiger partial charge >= 0.3 is 0 Å². The molecule has 186 valence electrons. The second-order valence-electron chi connectivity index (χ2n) is 8.31. The normalized spacial score (nSPS) is 10.7. The Hall–Kier alpha value is -4.71. The molecule has 0 atom stereocenters. The Kier molecular flexibility index (Phi) is 6.81. The highest BCUT2D eigenvalue weighted by Crippen LogP contribution is 2.45. The summed E-state index contributed by atoms with van der Waals surface area (Å²) in [5, 5.41) is 0. The van der Waals surface area contributed by atoms with Crippen molar-refractivity contribution in [1.82, 2.24) is 9.55 Å². The maximum Gasteiger partial charge on any atom is 0.203 e. The number of rotatable bonds is 8. The van der Waals surface area contributed by atoms with Gasteiger partial charge in [-0.3, -0.25) is 4.57 Å². The molecule has 5 aromatic rings. The van der Waals surface area contributed by atoms with Crippen LogP contribution >= 0.6 is 0 Å². The SMILES string of the molecule is COc1ccc(-c2nc(-c3cc(OC)c(OC)c(OC)c3)c(-c3ccccc3)n2-c2ccccc2)cc1. The van der Waals surface area contributed by atoms with Crippen LogP contribution in [0.2, 0.25) is 0 Å². The molecule has 6 nitrogen and oxygen atoms in total. The third kappa shape index (κ3) is 4.49. The van der Waals surface area contributed by atoms with Crippen LogP contribution in [0.4, 0.5) is 0 Å². The van der Waals surface area contributed by atoms with Crippen LogP contribution in [0, 0.1) is 0 Å². The first-order chi connectivity index (χ1) is 18.2. The first-order valence-electron chi connectivity index (χ1n) is 11.9. The van der Waals surface area contributed by atoms with E-state index in [4.69, 9.17) is 23.9 Å². The van der Waals surface area contributed by atoms with Crippen molar-refractivity contribution in [1.29, 1.82) is 0 Å². The molecule has 0 aliphatic heterocycles. The average molecular weight is 493 g/mol. The Labute approximate surface area is 216 Å². The molecule has 0 radical (unpaired) electrons. The molecule has 0 aliphatic carbocycles. The third-order valence-corrected chi connectivity index (χ3v) is 6.23. The minimum Gasteiger partial charge on any atom is -0.497 e. The molecule has 1 aromatic heterocycles. The van der Waals surface area contributed by atoms with Crippen LogP contribution in [-0.2, 0) is 0 Å². The zero-order valence-corrected chi connectivity index (χ0v) is 21.3. The monoisotopic (exact) mass is 492 g/mol. The Morgan fingerprint density at radius 1 is 0.568 bits per heavy atom. The largest absolute Gasteiger partial charge is 0.497 e. The fourth-order valence-electron chi connectivity index (χ4n) is 4.46. The summed E-state index contributed by atoms with van der Waals surface area (Å²) in [5.74, 6) is 3.26. The lowest BCUT2D eigenvalue weighted by Gasteiger charge is -2.15. The minimum absolute atomic E-state index is 0.535. The van der Waals surface area contributed by atoms with Crippen molar-refractivity contribution in [2.45, 2.75) is 0 Å². The van der Waals surface area contributed by atoms with Crippen LogP contribution in [0.15, 0.2) is 97.1 Å². The van der Waals surface area contributed by atoms with Crippen molar-refractivity contribution in [3.05, 3.63) is 97.1 Å². The summed E-state index contributed by atoms with van der Waals surface area (Å²) < 4.78 is 24.5. The molecule has 0 aliphatic rings. The number of imidazole rings is 1. The minimum atomic E-state index is 0.535. The van der Waals surface area contributed by atoms with Gasteiger partial charge in [0.25, 0.3) is 0 Å². The molecular weight excluding hydrogens is 464 g/mol. The lowest BCUT2D eigenvalue weighted by atomic mass is 10.0. The average Bonchev–Trinajstić information content (AvgIpc) is 3.38. The predicted octanol–water partition coefficient (Wildman–Crippen LogP) is 6.91. The summed E-state index contributed by atoms with van der Waals surface area (Å²) >= 11 is 0. The second-order valence-corrected chi connectivity index (χ2v) is 8.31. The van der Waals surface area contributed by atoms with E-state index in [1.807, 2.05) is 72.8 Å². The molecule has 0 fully saturated rings. The van der Waals surface area contributed by atoms with Crippen molar-refractivity contribution < 1.29 is 18.9 Å². The van der Waals surface area contributed by atoms with E-state index in [1.54, 1.807) is 28.4 Å². The fourth-order valence-corrected chi connectivity index (χ4v) is 4.46. The summed E-state index contributed by atoms with van der Waals surface area (Å²) in [4.78, 5) is 5.24. The van der Waals surface area contributed by atoms with Gasteiger partial charge in [0.2, 0.25) is 5.75 Å². The lowest BCUT2D eigenvalue weighted by molar-refractivity contribution is 0.324. The Morgan fingerprint density at radius 2 is 1.16 bits per heavy atom. The Bertz CT molecular complexity index is 1470. The number of hydrogen-bond donors (Lipinski definition) is 0. The molecule has 0 amide bonds. The standard InChI is InChI=1S/C31H28N2O4/c1-34-25-17-15-22(16-18-25)31-32-28(23-19-26(35-2)30(37-4)27(20-23)36-3)29(21-11-7-5-8-12-21)33(31)24-13-9-6-10-14-24/h5-20H,1-4H3. The van der Waals surface area contributed by atoms with Gasteiger partial charge in [-0.1, -0.05) is 48.5 Å². The van der Waals surface area contributed by atoms with E-state index in [9.17, 15) is 0 Å². The van der Waals surface area contributed by atoms with Gasteiger partial charge < -0.3 is 18.9 Å². The maximum atomic E-state index is 5.66. The highest BCUT2D eigenvalue weighted by Gasteiger charge is 2.24. The van der Waals surface area contributed by atoms with E-state index in [1.165, 1.54) is 0 Å². The summed E-state index contributed by atoms with van der Waals surface area (Å²) in [7, 11) is 6.49. The number of ether oxygens (including phenoxy) is 4. The molecule has 4 aromatic carbocycles. The predicted molar refractivity (Wildman–Crippen MR) is 146 cm³/mol. The van der Waals surface area contributed by atoms with Crippen LogP contribution in [-0.4, -0.2) is 38.0 Å². The first-order valence-corrected chi connectivity index (χ1v) is 11.9. The topological polar surface area (TPSA) is 54.7 Å². The van der Waals surface area contributed by atoms with Crippen LogP contribution in [0.5, 0.6) is 23.0 Å². The highest BCUT2D eigenvalue weighted by atomic mass is 16.5. The molecule has 0 saturated carbocycles. The summed E-state index contributed by atoms with van der Waals surface area (Å²) in [6, 6.07) is 32.3. The van der Waals surface area contributed by atoms with Gasteiger partial charge in [0, 0.05) is 22.4 Å². The van der Waals surface area contributed by atoms with Crippen LogP contribution < -0.4 is 18.9 Å². The summed E-state index contributed by atoms with van der Waals surface area (Å²) in [5.41, 5.74) is 5.58. The lowest BCUT2D eigenvalue weighted by Crippen LogP contribution is -2.00. The summed E-state index contributed by atoms with van der Waals surface area (Å²) in [6.07, 6.45) is 0. The number of benzene rings is 4. The number of para-hydroxylation sites is 1. The molecule has 37 heavy (non-hydrogen) atoms. The fraction of sp³-hybridized carbons (Fsp3) is 0.129. The van der Waals surface area contributed by atoms with Crippen molar-refractivity contribution in [3.8, 4) is 62.6 Å². The van der Waals surface area contributed by atoms with Crippen LogP contribution in [0.3, 0.4) is 0 Å². The molecule has 0 spiro atoms. The summed E-state index contributed by atoms with van der Waals surface area (Å²) in [6.45, 7) is 0. The molecule has 0 bridgehead atoms. The van der Waals surface area contributed by atoms with Gasteiger partial charge in [-0.15, -0.1) is 0 Å².